The lowest BCUT2D eigenvalue weighted by atomic mass is 9.46. The van der Waals surface area contributed by atoms with Crippen LogP contribution in [0.3, 0.4) is 0 Å². The molecule has 1 aliphatic heterocycles. The molecule has 0 aromatic rings. The zero-order chi connectivity index (χ0) is 37.2. The van der Waals surface area contributed by atoms with E-state index in [2.05, 4.69) is 20.8 Å². The zero-order valence-corrected chi connectivity index (χ0v) is 33.2. The molecule has 1 heterocycles. The van der Waals surface area contributed by atoms with Gasteiger partial charge in [0.2, 0.25) is 0 Å². The second-order valence-electron chi connectivity index (χ2n) is 20.4. The van der Waals surface area contributed by atoms with E-state index < -0.39 is 22.2 Å². The fourth-order valence-corrected chi connectivity index (χ4v) is 11.3. The van der Waals surface area contributed by atoms with Gasteiger partial charge in [-0.2, -0.15) is 0 Å². The predicted molar refractivity (Wildman–Crippen MR) is 193 cm³/mol. The summed E-state index contributed by atoms with van der Waals surface area (Å²) in [7, 11) is 0. The standard InChI is InChI=1S/C19H32O2.C16H26O4.C7H12O2/c1-6-17(2,3)16(20)21-18(4,5)19-10-13-7-14(11-19)9-15(8-13)12-19;1-4-13(2,3)12(17)20-16-7-11-5-14(18,9-16)8-15(19,6-11)10-16;1-3-7(2)4-5-9-6(7)8/h13-15H,6-12H2,1-5H3;11,18-19H,4-10H2,1-3H3;3-5H2,1-2H3. The molecule has 0 spiro atoms. The highest BCUT2D eigenvalue weighted by Crippen LogP contribution is 2.65. The van der Waals surface area contributed by atoms with Crippen LogP contribution >= 0.6 is 0 Å². The van der Waals surface area contributed by atoms with Crippen LogP contribution in [-0.4, -0.2) is 57.1 Å². The zero-order valence-electron chi connectivity index (χ0n) is 33.2. The summed E-state index contributed by atoms with van der Waals surface area (Å²) >= 11 is 0. The van der Waals surface area contributed by atoms with E-state index in [4.69, 9.17) is 14.2 Å². The molecule has 0 aromatic heterocycles. The Bertz CT molecular complexity index is 1240. The smallest absolute Gasteiger partial charge is 0.312 e. The van der Waals surface area contributed by atoms with Crippen molar-refractivity contribution in [1.29, 1.82) is 0 Å². The van der Waals surface area contributed by atoms with Gasteiger partial charge in [-0.3, -0.25) is 14.4 Å². The Kier molecular flexibility index (Phi) is 10.5. The Hall–Kier alpha value is -1.67. The molecule has 3 unspecified atom stereocenters. The van der Waals surface area contributed by atoms with Crippen LogP contribution in [0.1, 0.15) is 172 Å². The summed E-state index contributed by atoms with van der Waals surface area (Å²) in [5, 5.41) is 21.3. The summed E-state index contributed by atoms with van der Waals surface area (Å²) in [6.45, 7) is 20.8. The number of hydrogen-bond donors (Lipinski definition) is 2. The van der Waals surface area contributed by atoms with Crippen molar-refractivity contribution in [2.24, 2.45) is 45.3 Å². The molecule has 286 valence electrons. The van der Waals surface area contributed by atoms with Gasteiger partial charge in [0.05, 0.1) is 34.1 Å². The van der Waals surface area contributed by atoms with Crippen LogP contribution in [0.15, 0.2) is 0 Å². The van der Waals surface area contributed by atoms with Crippen LogP contribution in [0.4, 0.5) is 0 Å². The largest absolute Gasteiger partial charge is 0.465 e. The topological polar surface area (TPSA) is 119 Å². The maximum Gasteiger partial charge on any atom is 0.312 e. The van der Waals surface area contributed by atoms with Crippen molar-refractivity contribution >= 4 is 17.9 Å². The highest BCUT2D eigenvalue weighted by molar-refractivity contribution is 5.78. The third kappa shape index (κ3) is 7.68. The number of ether oxygens (including phenoxy) is 3. The summed E-state index contributed by atoms with van der Waals surface area (Å²) in [6.07, 6.45) is 15.2. The highest BCUT2D eigenvalue weighted by atomic mass is 16.6. The fourth-order valence-electron chi connectivity index (χ4n) is 11.3. The average Bonchev–Trinajstić information content (AvgIpc) is 3.32. The van der Waals surface area contributed by atoms with Crippen molar-refractivity contribution in [3.63, 3.8) is 0 Å². The maximum atomic E-state index is 12.6. The number of esters is 3. The molecule has 8 aliphatic carbocycles. The van der Waals surface area contributed by atoms with Crippen molar-refractivity contribution in [1.82, 2.24) is 0 Å². The molecule has 9 aliphatic rings. The molecule has 9 rings (SSSR count). The molecule has 50 heavy (non-hydrogen) atoms. The quantitative estimate of drug-likeness (QED) is 0.191. The van der Waals surface area contributed by atoms with E-state index in [9.17, 15) is 24.6 Å². The molecule has 0 amide bonds. The van der Waals surface area contributed by atoms with Gasteiger partial charge >= 0.3 is 17.9 Å². The van der Waals surface area contributed by atoms with E-state index in [1.54, 1.807) is 0 Å². The maximum absolute atomic E-state index is 12.6. The molecule has 8 saturated carbocycles. The van der Waals surface area contributed by atoms with E-state index in [1.807, 2.05) is 48.5 Å². The van der Waals surface area contributed by atoms with Crippen molar-refractivity contribution < 1.29 is 38.8 Å². The number of aliphatic hydroxyl groups is 2. The average molecular weight is 703 g/mol. The molecule has 3 atom stereocenters. The SMILES string of the molecule is CCC(C)(C)C(=O)OC(C)(C)C12CC3CC(CC(C3)C1)C2.CCC(C)(C)C(=O)OC12CC3CC(O)(CC(O)(C3)C1)C2.CCC1(C)CCOC1=O. The van der Waals surface area contributed by atoms with E-state index in [0.717, 1.165) is 62.7 Å². The first-order valence-corrected chi connectivity index (χ1v) is 20.0. The molecule has 2 N–H and O–H groups in total. The van der Waals surface area contributed by atoms with Gasteiger partial charge in [-0.15, -0.1) is 0 Å². The summed E-state index contributed by atoms with van der Waals surface area (Å²) in [4.78, 5) is 35.9. The van der Waals surface area contributed by atoms with Crippen LogP contribution in [0, 0.1) is 45.3 Å². The number of rotatable bonds is 8. The van der Waals surface area contributed by atoms with Crippen LogP contribution in [0.2, 0.25) is 0 Å². The molecule has 9 fully saturated rings. The Balaban J connectivity index is 0.000000157. The molecule has 8 heteroatoms. The van der Waals surface area contributed by atoms with Gasteiger partial charge < -0.3 is 24.4 Å². The molecular weight excluding hydrogens is 632 g/mol. The Morgan fingerprint density at radius 3 is 1.60 bits per heavy atom. The lowest BCUT2D eigenvalue weighted by Crippen LogP contribution is -2.67. The van der Waals surface area contributed by atoms with Gasteiger partial charge in [-0.05, 0) is 156 Å². The minimum atomic E-state index is -0.842. The summed E-state index contributed by atoms with van der Waals surface area (Å²) < 4.78 is 16.8. The summed E-state index contributed by atoms with van der Waals surface area (Å²) in [5.41, 5.74) is -3.43. The normalized spacial score (nSPS) is 41.1. The van der Waals surface area contributed by atoms with Crippen LogP contribution in [0.25, 0.3) is 0 Å². The van der Waals surface area contributed by atoms with Crippen molar-refractivity contribution in [2.45, 2.75) is 194 Å². The molecule has 0 radical (unpaired) electrons. The first-order chi connectivity index (χ1) is 23.0. The molecular formula is C42H70O8. The summed E-state index contributed by atoms with van der Waals surface area (Å²) in [5.74, 6) is 2.74. The van der Waals surface area contributed by atoms with Gasteiger partial charge in [0, 0.05) is 24.7 Å². The number of carbonyl (C=O) groups excluding carboxylic acids is 3. The van der Waals surface area contributed by atoms with E-state index in [1.165, 1.54) is 38.5 Å². The lowest BCUT2D eigenvalue weighted by Gasteiger charge is -2.62. The number of carbonyl (C=O) groups is 3. The first-order valence-electron chi connectivity index (χ1n) is 20.0. The van der Waals surface area contributed by atoms with Crippen molar-refractivity contribution in [3.8, 4) is 0 Å². The summed E-state index contributed by atoms with van der Waals surface area (Å²) in [6, 6.07) is 0. The van der Waals surface area contributed by atoms with E-state index in [-0.39, 0.29) is 45.7 Å². The van der Waals surface area contributed by atoms with Gasteiger partial charge in [0.15, 0.2) is 0 Å². The van der Waals surface area contributed by atoms with Gasteiger partial charge in [0.1, 0.15) is 11.2 Å². The monoisotopic (exact) mass is 703 g/mol. The predicted octanol–water partition coefficient (Wildman–Crippen LogP) is 8.47. The minimum absolute atomic E-state index is 0.00857. The highest BCUT2D eigenvalue weighted by Gasteiger charge is 2.65. The van der Waals surface area contributed by atoms with Crippen molar-refractivity contribution in [2.75, 3.05) is 6.61 Å². The first kappa shape index (κ1) is 39.5. The Morgan fingerprint density at radius 1 is 0.740 bits per heavy atom. The third-order valence-electron chi connectivity index (χ3n) is 15.0. The van der Waals surface area contributed by atoms with E-state index >= 15 is 0 Å². The van der Waals surface area contributed by atoms with Gasteiger partial charge in [-0.1, -0.05) is 20.8 Å². The van der Waals surface area contributed by atoms with Crippen LogP contribution in [-0.2, 0) is 28.6 Å². The van der Waals surface area contributed by atoms with Crippen LogP contribution < -0.4 is 0 Å². The fraction of sp³-hybridized carbons (Fsp3) is 0.929. The van der Waals surface area contributed by atoms with Gasteiger partial charge in [-0.25, -0.2) is 0 Å². The van der Waals surface area contributed by atoms with Crippen molar-refractivity contribution in [3.05, 3.63) is 0 Å². The van der Waals surface area contributed by atoms with E-state index in [0.29, 0.717) is 25.9 Å². The lowest BCUT2D eigenvalue weighted by molar-refractivity contribution is -0.264. The Labute approximate surface area is 302 Å². The Morgan fingerprint density at radius 2 is 1.22 bits per heavy atom. The second-order valence-corrected chi connectivity index (χ2v) is 20.4. The minimum Gasteiger partial charge on any atom is -0.465 e. The van der Waals surface area contributed by atoms with Gasteiger partial charge in [0.25, 0.3) is 0 Å². The number of hydrogen-bond acceptors (Lipinski definition) is 8. The molecule has 8 nitrogen and oxygen atoms in total. The molecule has 0 aromatic carbocycles. The molecule has 1 saturated heterocycles. The molecule has 8 bridgehead atoms. The second kappa shape index (κ2) is 13.3. The third-order valence-corrected chi connectivity index (χ3v) is 15.0. The van der Waals surface area contributed by atoms with Crippen LogP contribution in [0.5, 0.6) is 0 Å². The number of cyclic esters (lactones) is 1.